The fourth-order valence-corrected chi connectivity index (χ4v) is 2.75. The van der Waals surface area contributed by atoms with Crippen molar-refractivity contribution in [3.8, 4) is 11.5 Å². The van der Waals surface area contributed by atoms with E-state index in [0.29, 0.717) is 37.8 Å². The lowest BCUT2D eigenvalue weighted by Crippen LogP contribution is -2.44. The SMILES string of the molecule is COC(=O)CCN(CCN1CCOCC1)C(=O)COc1ccccc1OC. The summed E-state index contributed by atoms with van der Waals surface area (Å²) in [7, 11) is 2.89. The van der Waals surface area contributed by atoms with Gasteiger partial charge in [0.2, 0.25) is 0 Å². The van der Waals surface area contributed by atoms with Crippen LogP contribution in [0.4, 0.5) is 0 Å². The summed E-state index contributed by atoms with van der Waals surface area (Å²) in [5, 5.41) is 0. The Morgan fingerprint density at radius 3 is 2.48 bits per heavy atom. The van der Waals surface area contributed by atoms with Crippen molar-refractivity contribution in [2.75, 3.05) is 66.8 Å². The number of methoxy groups -OCH3 is 2. The van der Waals surface area contributed by atoms with Gasteiger partial charge in [-0.15, -0.1) is 0 Å². The van der Waals surface area contributed by atoms with Crippen LogP contribution in [0.15, 0.2) is 24.3 Å². The van der Waals surface area contributed by atoms with E-state index in [-0.39, 0.29) is 24.9 Å². The second kappa shape index (κ2) is 11.4. The highest BCUT2D eigenvalue weighted by Crippen LogP contribution is 2.25. The Kier molecular flexibility index (Phi) is 8.86. The summed E-state index contributed by atoms with van der Waals surface area (Å²) in [6.45, 7) is 4.51. The van der Waals surface area contributed by atoms with Crippen LogP contribution >= 0.6 is 0 Å². The van der Waals surface area contributed by atoms with Gasteiger partial charge >= 0.3 is 5.97 Å². The monoisotopic (exact) mass is 380 g/mol. The number of rotatable bonds is 10. The van der Waals surface area contributed by atoms with Crippen LogP contribution in [-0.2, 0) is 19.1 Å². The van der Waals surface area contributed by atoms with Crippen LogP contribution in [0.5, 0.6) is 11.5 Å². The van der Waals surface area contributed by atoms with Gasteiger partial charge in [0, 0.05) is 32.7 Å². The molecule has 1 fully saturated rings. The molecule has 1 saturated heterocycles. The molecule has 1 amide bonds. The fourth-order valence-electron chi connectivity index (χ4n) is 2.75. The van der Waals surface area contributed by atoms with Crippen LogP contribution in [0, 0.1) is 0 Å². The quantitative estimate of drug-likeness (QED) is 0.556. The molecular weight excluding hydrogens is 352 g/mol. The first-order valence-corrected chi connectivity index (χ1v) is 9.04. The van der Waals surface area contributed by atoms with Crippen LogP contribution in [0.25, 0.3) is 0 Å². The zero-order chi connectivity index (χ0) is 19.5. The van der Waals surface area contributed by atoms with Crippen molar-refractivity contribution in [3.63, 3.8) is 0 Å². The average Bonchev–Trinajstić information content (AvgIpc) is 2.72. The van der Waals surface area contributed by atoms with Crippen LogP contribution < -0.4 is 9.47 Å². The van der Waals surface area contributed by atoms with Crippen molar-refractivity contribution >= 4 is 11.9 Å². The Morgan fingerprint density at radius 2 is 1.81 bits per heavy atom. The molecule has 0 aliphatic carbocycles. The number of carbonyl (C=O) groups is 2. The molecule has 1 aromatic carbocycles. The number of nitrogens with zero attached hydrogens (tertiary/aromatic N) is 2. The molecule has 2 rings (SSSR count). The van der Waals surface area contributed by atoms with Crippen molar-refractivity contribution in [1.82, 2.24) is 9.80 Å². The van der Waals surface area contributed by atoms with Crippen molar-refractivity contribution in [2.45, 2.75) is 6.42 Å². The third-order valence-electron chi connectivity index (χ3n) is 4.38. The van der Waals surface area contributed by atoms with Crippen LogP contribution in [0.3, 0.4) is 0 Å². The van der Waals surface area contributed by atoms with Crippen molar-refractivity contribution < 1.29 is 28.5 Å². The average molecular weight is 380 g/mol. The zero-order valence-corrected chi connectivity index (χ0v) is 16.0. The summed E-state index contributed by atoms with van der Waals surface area (Å²) in [5.41, 5.74) is 0. The number of para-hydroxylation sites is 2. The van der Waals surface area contributed by atoms with Crippen molar-refractivity contribution in [1.29, 1.82) is 0 Å². The molecule has 1 aliphatic rings. The number of benzene rings is 1. The lowest BCUT2D eigenvalue weighted by atomic mass is 10.3. The molecule has 1 aromatic rings. The van der Waals surface area contributed by atoms with Crippen molar-refractivity contribution in [3.05, 3.63) is 24.3 Å². The summed E-state index contributed by atoms with van der Waals surface area (Å²) >= 11 is 0. The summed E-state index contributed by atoms with van der Waals surface area (Å²) in [5.74, 6) is 0.553. The second-order valence-corrected chi connectivity index (χ2v) is 6.10. The lowest BCUT2D eigenvalue weighted by molar-refractivity contribution is -0.142. The molecule has 1 heterocycles. The van der Waals surface area contributed by atoms with Crippen LogP contribution in [0.2, 0.25) is 0 Å². The van der Waals surface area contributed by atoms with Gasteiger partial charge in [-0.05, 0) is 12.1 Å². The summed E-state index contributed by atoms with van der Waals surface area (Å²) in [6.07, 6.45) is 0.153. The Hall–Kier alpha value is -2.32. The molecule has 27 heavy (non-hydrogen) atoms. The molecule has 0 N–H and O–H groups in total. The fraction of sp³-hybridized carbons (Fsp3) is 0.579. The van der Waals surface area contributed by atoms with Crippen LogP contribution in [-0.4, -0.2) is 88.4 Å². The third kappa shape index (κ3) is 7.07. The molecule has 0 spiro atoms. The van der Waals surface area contributed by atoms with Gasteiger partial charge in [-0.1, -0.05) is 12.1 Å². The molecule has 0 aromatic heterocycles. The maximum atomic E-state index is 12.7. The normalized spacial score (nSPS) is 14.4. The molecule has 8 nitrogen and oxygen atoms in total. The molecule has 150 valence electrons. The smallest absolute Gasteiger partial charge is 0.307 e. The number of morpholine rings is 1. The molecule has 0 atom stereocenters. The number of ether oxygens (including phenoxy) is 4. The number of hydrogen-bond acceptors (Lipinski definition) is 7. The summed E-state index contributed by atoms with van der Waals surface area (Å²) in [4.78, 5) is 28.0. The minimum Gasteiger partial charge on any atom is -0.493 e. The summed E-state index contributed by atoms with van der Waals surface area (Å²) in [6, 6.07) is 7.17. The molecular formula is C19H28N2O6. The molecule has 0 unspecified atom stereocenters. The first-order chi connectivity index (χ1) is 13.1. The van der Waals surface area contributed by atoms with Gasteiger partial charge in [0.05, 0.1) is 33.9 Å². The van der Waals surface area contributed by atoms with E-state index in [1.165, 1.54) is 7.11 Å². The topological polar surface area (TPSA) is 77.5 Å². The van der Waals surface area contributed by atoms with E-state index in [0.717, 1.165) is 19.6 Å². The van der Waals surface area contributed by atoms with Gasteiger partial charge in [-0.3, -0.25) is 14.5 Å². The van der Waals surface area contributed by atoms with E-state index >= 15 is 0 Å². The standard InChI is InChI=1S/C19H28N2O6/c1-24-16-5-3-4-6-17(16)27-15-18(22)21(8-7-19(23)25-2)10-9-20-11-13-26-14-12-20/h3-6H,7-15H2,1-2H3. The van der Waals surface area contributed by atoms with Crippen LogP contribution in [0.1, 0.15) is 6.42 Å². The van der Waals surface area contributed by atoms with Gasteiger partial charge in [0.1, 0.15) is 0 Å². The minimum absolute atomic E-state index is 0.120. The highest BCUT2D eigenvalue weighted by molar-refractivity contribution is 5.78. The first kappa shape index (κ1) is 21.0. The number of esters is 1. The van der Waals surface area contributed by atoms with E-state index < -0.39 is 0 Å². The number of carbonyl (C=O) groups excluding carboxylic acids is 2. The molecule has 0 saturated carbocycles. The van der Waals surface area contributed by atoms with Gasteiger partial charge in [0.15, 0.2) is 18.1 Å². The first-order valence-electron chi connectivity index (χ1n) is 9.04. The Bertz CT molecular complexity index is 604. The van der Waals surface area contributed by atoms with Gasteiger partial charge in [0.25, 0.3) is 5.91 Å². The maximum Gasteiger partial charge on any atom is 0.307 e. The van der Waals surface area contributed by atoms with E-state index in [9.17, 15) is 9.59 Å². The number of hydrogen-bond donors (Lipinski definition) is 0. The second-order valence-electron chi connectivity index (χ2n) is 6.10. The van der Waals surface area contributed by atoms with E-state index in [1.807, 2.05) is 12.1 Å². The van der Waals surface area contributed by atoms with E-state index in [4.69, 9.17) is 14.2 Å². The third-order valence-corrected chi connectivity index (χ3v) is 4.38. The highest BCUT2D eigenvalue weighted by Gasteiger charge is 2.19. The van der Waals surface area contributed by atoms with E-state index in [1.54, 1.807) is 24.1 Å². The molecule has 0 bridgehead atoms. The highest BCUT2D eigenvalue weighted by atomic mass is 16.5. The zero-order valence-electron chi connectivity index (χ0n) is 16.0. The minimum atomic E-state index is -0.343. The Morgan fingerprint density at radius 1 is 1.11 bits per heavy atom. The summed E-state index contributed by atoms with van der Waals surface area (Å²) < 4.78 is 20.9. The van der Waals surface area contributed by atoms with E-state index in [2.05, 4.69) is 9.64 Å². The largest absolute Gasteiger partial charge is 0.493 e. The Balaban J connectivity index is 1.90. The number of amides is 1. The maximum absolute atomic E-state index is 12.7. The van der Waals surface area contributed by atoms with Crippen molar-refractivity contribution in [2.24, 2.45) is 0 Å². The Labute approximate surface area is 159 Å². The van der Waals surface area contributed by atoms with Gasteiger partial charge in [-0.2, -0.15) is 0 Å². The molecule has 8 heteroatoms. The molecule has 1 aliphatic heterocycles. The predicted molar refractivity (Wildman–Crippen MR) is 99.0 cm³/mol. The molecule has 0 radical (unpaired) electrons. The lowest BCUT2D eigenvalue weighted by Gasteiger charge is -2.30. The van der Waals surface area contributed by atoms with Gasteiger partial charge < -0.3 is 23.8 Å². The van der Waals surface area contributed by atoms with Gasteiger partial charge in [-0.25, -0.2) is 0 Å². The predicted octanol–water partition coefficient (Wildman–Crippen LogP) is 0.798.